The lowest BCUT2D eigenvalue weighted by molar-refractivity contribution is 0.0697. The smallest absolute Gasteiger partial charge is 0.335 e. The number of aliphatic hydroxyl groups is 1. The summed E-state index contributed by atoms with van der Waals surface area (Å²) in [6.07, 6.45) is 1.68. The number of aromatic carboxylic acids is 1. The quantitative estimate of drug-likeness (QED) is 0.779. The summed E-state index contributed by atoms with van der Waals surface area (Å²) >= 11 is 0. The van der Waals surface area contributed by atoms with Crippen molar-refractivity contribution in [3.63, 3.8) is 0 Å². The van der Waals surface area contributed by atoms with E-state index in [0.717, 1.165) is 10.8 Å². The molecular formula is C15H18N2O3. The number of nitrogens with zero attached hydrogens (tertiary/aromatic N) is 1. The number of hydrogen-bond acceptors (Lipinski definition) is 4. The summed E-state index contributed by atoms with van der Waals surface area (Å²) in [5.74, 6) is -0.329. The molecule has 0 amide bonds. The van der Waals surface area contributed by atoms with Crippen molar-refractivity contribution in [3.8, 4) is 0 Å². The lowest BCUT2D eigenvalue weighted by Crippen LogP contribution is -2.27. The van der Waals surface area contributed by atoms with Crippen LogP contribution in [-0.2, 0) is 0 Å². The van der Waals surface area contributed by atoms with Crippen molar-refractivity contribution in [2.75, 3.05) is 18.5 Å². The molecule has 20 heavy (non-hydrogen) atoms. The molecule has 0 fully saturated rings. The van der Waals surface area contributed by atoms with Crippen LogP contribution in [0.3, 0.4) is 0 Å². The average Bonchev–Trinajstić information content (AvgIpc) is 2.44. The van der Waals surface area contributed by atoms with Gasteiger partial charge in [-0.1, -0.05) is 19.9 Å². The maximum Gasteiger partial charge on any atom is 0.335 e. The van der Waals surface area contributed by atoms with Gasteiger partial charge in [-0.15, -0.1) is 0 Å². The number of carbonyl (C=O) groups is 1. The average molecular weight is 274 g/mol. The number of anilines is 1. The van der Waals surface area contributed by atoms with Gasteiger partial charge < -0.3 is 15.5 Å². The van der Waals surface area contributed by atoms with Gasteiger partial charge in [0.1, 0.15) is 5.82 Å². The van der Waals surface area contributed by atoms with Crippen molar-refractivity contribution in [1.82, 2.24) is 4.98 Å². The number of pyridine rings is 1. The van der Waals surface area contributed by atoms with Crippen LogP contribution >= 0.6 is 0 Å². The third-order valence-electron chi connectivity index (χ3n) is 3.18. The Kier molecular flexibility index (Phi) is 3.90. The maximum atomic E-state index is 11.0. The molecule has 1 aromatic heterocycles. The molecule has 0 saturated heterocycles. The van der Waals surface area contributed by atoms with Crippen molar-refractivity contribution in [2.24, 2.45) is 5.41 Å². The minimum absolute atomic E-state index is 0.0607. The van der Waals surface area contributed by atoms with E-state index in [1.165, 1.54) is 0 Å². The van der Waals surface area contributed by atoms with Gasteiger partial charge >= 0.3 is 5.97 Å². The number of benzene rings is 1. The minimum atomic E-state index is -0.961. The van der Waals surface area contributed by atoms with E-state index in [0.29, 0.717) is 12.4 Å². The van der Waals surface area contributed by atoms with E-state index in [1.54, 1.807) is 24.4 Å². The predicted octanol–water partition coefficient (Wildman–Crippen LogP) is 2.36. The van der Waals surface area contributed by atoms with Crippen molar-refractivity contribution in [2.45, 2.75) is 13.8 Å². The highest BCUT2D eigenvalue weighted by Gasteiger charge is 2.17. The summed E-state index contributed by atoms with van der Waals surface area (Å²) in [5, 5.41) is 23.2. The molecule has 5 nitrogen and oxygen atoms in total. The first-order chi connectivity index (χ1) is 9.43. The molecule has 106 valence electrons. The van der Waals surface area contributed by atoms with E-state index in [4.69, 9.17) is 5.11 Å². The fraction of sp³-hybridized carbons (Fsp3) is 0.333. The van der Waals surface area contributed by atoms with Gasteiger partial charge in [-0.25, -0.2) is 9.78 Å². The van der Waals surface area contributed by atoms with E-state index in [-0.39, 0.29) is 17.6 Å². The molecule has 0 spiro atoms. The molecular weight excluding hydrogens is 256 g/mol. The fourth-order valence-electron chi connectivity index (χ4n) is 1.82. The normalized spacial score (nSPS) is 11.6. The van der Waals surface area contributed by atoms with Gasteiger partial charge in [0, 0.05) is 30.1 Å². The Morgan fingerprint density at radius 2 is 2.10 bits per heavy atom. The molecule has 1 aromatic carbocycles. The molecule has 0 atom stereocenters. The first-order valence-corrected chi connectivity index (χ1v) is 6.40. The molecule has 0 bridgehead atoms. The summed E-state index contributed by atoms with van der Waals surface area (Å²) in [6, 6.07) is 6.79. The van der Waals surface area contributed by atoms with Crippen LogP contribution in [-0.4, -0.2) is 34.3 Å². The van der Waals surface area contributed by atoms with Gasteiger partial charge in [0.25, 0.3) is 0 Å². The Hall–Kier alpha value is -2.14. The molecule has 3 N–H and O–H groups in total. The second kappa shape index (κ2) is 5.46. The maximum absolute atomic E-state index is 11.0. The topological polar surface area (TPSA) is 82.5 Å². The first kappa shape index (κ1) is 14.3. The molecule has 5 heteroatoms. The number of aromatic nitrogens is 1. The monoisotopic (exact) mass is 274 g/mol. The van der Waals surface area contributed by atoms with Gasteiger partial charge in [-0.3, -0.25) is 0 Å². The zero-order valence-electron chi connectivity index (χ0n) is 11.6. The van der Waals surface area contributed by atoms with E-state index >= 15 is 0 Å². The Morgan fingerprint density at radius 1 is 1.35 bits per heavy atom. The standard InChI is InChI=1S/C15H18N2O3/c1-15(2,9-18)8-17-13-12-7-11(14(19)20)4-3-10(12)5-6-16-13/h3-7,18H,8-9H2,1-2H3,(H,16,17)(H,19,20). The molecule has 0 saturated carbocycles. The molecule has 0 aliphatic heterocycles. The van der Waals surface area contributed by atoms with Crippen molar-refractivity contribution >= 4 is 22.6 Å². The largest absolute Gasteiger partial charge is 0.478 e. The Balaban J connectivity index is 2.37. The van der Waals surface area contributed by atoms with Crippen LogP contribution < -0.4 is 5.32 Å². The molecule has 0 aliphatic rings. The number of carboxylic acids is 1. The molecule has 2 aromatic rings. The highest BCUT2D eigenvalue weighted by Crippen LogP contribution is 2.24. The van der Waals surface area contributed by atoms with Gasteiger partial charge in [0.05, 0.1) is 5.56 Å². The summed E-state index contributed by atoms with van der Waals surface area (Å²) in [6.45, 7) is 4.49. The molecule has 0 unspecified atom stereocenters. The van der Waals surface area contributed by atoms with Gasteiger partial charge in [-0.2, -0.15) is 0 Å². The Bertz CT molecular complexity index is 638. The van der Waals surface area contributed by atoms with Gasteiger partial charge in [-0.05, 0) is 23.6 Å². The molecule has 1 heterocycles. The lowest BCUT2D eigenvalue weighted by atomic mass is 9.95. The number of hydrogen-bond donors (Lipinski definition) is 3. The van der Waals surface area contributed by atoms with Crippen LogP contribution in [0.1, 0.15) is 24.2 Å². The van der Waals surface area contributed by atoms with Crippen LogP contribution in [0.2, 0.25) is 0 Å². The van der Waals surface area contributed by atoms with E-state index in [2.05, 4.69) is 10.3 Å². The number of aliphatic hydroxyl groups excluding tert-OH is 1. The summed E-state index contributed by atoms with van der Waals surface area (Å²) in [7, 11) is 0. The number of carboxylic acid groups (broad SMARTS) is 1. The zero-order valence-corrected chi connectivity index (χ0v) is 11.6. The molecule has 0 aliphatic carbocycles. The van der Waals surface area contributed by atoms with Crippen LogP contribution in [0.5, 0.6) is 0 Å². The van der Waals surface area contributed by atoms with E-state index in [1.807, 2.05) is 19.9 Å². The number of nitrogens with one attached hydrogen (secondary N) is 1. The second-order valence-corrected chi connectivity index (χ2v) is 5.58. The van der Waals surface area contributed by atoms with Crippen molar-refractivity contribution in [3.05, 3.63) is 36.0 Å². The van der Waals surface area contributed by atoms with Crippen LogP contribution in [0.4, 0.5) is 5.82 Å². The predicted molar refractivity (Wildman–Crippen MR) is 78.1 cm³/mol. The second-order valence-electron chi connectivity index (χ2n) is 5.58. The number of fused-ring (bicyclic) bond motifs is 1. The highest BCUT2D eigenvalue weighted by atomic mass is 16.4. The first-order valence-electron chi connectivity index (χ1n) is 6.40. The van der Waals surface area contributed by atoms with Gasteiger partial charge in [0.2, 0.25) is 0 Å². The van der Waals surface area contributed by atoms with E-state index in [9.17, 15) is 9.90 Å². The van der Waals surface area contributed by atoms with Crippen LogP contribution in [0.15, 0.2) is 30.5 Å². The minimum Gasteiger partial charge on any atom is -0.478 e. The van der Waals surface area contributed by atoms with E-state index < -0.39 is 5.97 Å². The summed E-state index contributed by atoms with van der Waals surface area (Å²) in [5.41, 5.74) is -0.0381. The summed E-state index contributed by atoms with van der Waals surface area (Å²) < 4.78 is 0. The molecule has 0 radical (unpaired) electrons. The Labute approximate surface area is 117 Å². The molecule has 2 rings (SSSR count). The third-order valence-corrected chi connectivity index (χ3v) is 3.18. The van der Waals surface area contributed by atoms with Crippen LogP contribution in [0, 0.1) is 5.41 Å². The van der Waals surface area contributed by atoms with Crippen molar-refractivity contribution < 1.29 is 15.0 Å². The van der Waals surface area contributed by atoms with Gasteiger partial charge in [0.15, 0.2) is 0 Å². The fourth-order valence-corrected chi connectivity index (χ4v) is 1.82. The zero-order chi connectivity index (χ0) is 14.8. The third kappa shape index (κ3) is 3.05. The highest BCUT2D eigenvalue weighted by molar-refractivity contribution is 5.98. The summed E-state index contributed by atoms with van der Waals surface area (Å²) in [4.78, 5) is 15.3. The lowest BCUT2D eigenvalue weighted by Gasteiger charge is -2.22. The Morgan fingerprint density at radius 3 is 2.75 bits per heavy atom. The SMILES string of the molecule is CC(C)(CO)CNc1nccc2ccc(C(=O)O)cc12. The van der Waals surface area contributed by atoms with Crippen LogP contribution in [0.25, 0.3) is 10.8 Å². The van der Waals surface area contributed by atoms with Crippen molar-refractivity contribution in [1.29, 1.82) is 0 Å². The number of rotatable bonds is 5.